The molecule has 0 unspecified atom stereocenters. The predicted molar refractivity (Wildman–Crippen MR) is 41.7 cm³/mol. The lowest BCUT2D eigenvalue weighted by atomic mass is 10.3. The number of aromatic carboxylic acids is 1. The molecule has 0 atom stereocenters. The van der Waals surface area contributed by atoms with Crippen molar-refractivity contribution in [3.05, 3.63) is 21.5 Å². The standard InChI is InChI=1S/C5H3IN2O2/c6-4-1-3(5(9)10)2-7-8-4/h1-2H,(H,9,10). The highest BCUT2D eigenvalue weighted by Gasteiger charge is 2.02. The van der Waals surface area contributed by atoms with E-state index in [1.807, 2.05) is 22.6 Å². The molecule has 0 aliphatic heterocycles. The van der Waals surface area contributed by atoms with Crippen LogP contribution in [0.5, 0.6) is 0 Å². The molecule has 1 rings (SSSR count). The molecule has 4 nitrogen and oxygen atoms in total. The number of rotatable bonds is 1. The lowest BCUT2D eigenvalue weighted by Gasteiger charge is -1.90. The molecule has 5 heteroatoms. The number of carboxylic acids is 1. The zero-order valence-corrected chi connectivity index (χ0v) is 6.94. The highest BCUT2D eigenvalue weighted by molar-refractivity contribution is 14.1. The molecule has 0 aromatic carbocycles. The number of aromatic nitrogens is 2. The summed E-state index contributed by atoms with van der Waals surface area (Å²) in [5.74, 6) is -0.979. The van der Waals surface area contributed by atoms with Gasteiger partial charge in [0.2, 0.25) is 0 Å². The molecular weight excluding hydrogens is 247 g/mol. The molecule has 0 spiro atoms. The van der Waals surface area contributed by atoms with E-state index in [-0.39, 0.29) is 5.56 Å². The molecule has 0 amide bonds. The van der Waals surface area contributed by atoms with Gasteiger partial charge in [0.1, 0.15) is 3.70 Å². The first-order valence-electron chi connectivity index (χ1n) is 2.41. The van der Waals surface area contributed by atoms with Gasteiger partial charge >= 0.3 is 5.97 Å². The Bertz CT molecular complexity index is 264. The Kier molecular flexibility index (Phi) is 2.15. The van der Waals surface area contributed by atoms with Gasteiger partial charge in [0, 0.05) is 0 Å². The minimum Gasteiger partial charge on any atom is -0.478 e. The zero-order valence-electron chi connectivity index (χ0n) is 4.78. The van der Waals surface area contributed by atoms with Crippen molar-refractivity contribution >= 4 is 28.6 Å². The number of hydrogen-bond acceptors (Lipinski definition) is 3. The fourth-order valence-corrected chi connectivity index (χ4v) is 0.918. The lowest BCUT2D eigenvalue weighted by Crippen LogP contribution is -1.98. The number of nitrogens with zero attached hydrogens (tertiary/aromatic N) is 2. The summed E-state index contributed by atoms with van der Waals surface area (Å²) in [6, 6.07) is 1.45. The topological polar surface area (TPSA) is 63.1 Å². The Morgan fingerprint density at radius 2 is 2.40 bits per heavy atom. The molecule has 0 saturated carbocycles. The van der Waals surface area contributed by atoms with E-state index in [0.717, 1.165) is 0 Å². The molecule has 1 aromatic heterocycles. The van der Waals surface area contributed by atoms with Crippen LogP contribution in [-0.2, 0) is 0 Å². The van der Waals surface area contributed by atoms with Crippen LogP contribution in [0.1, 0.15) is 10.4 Å². The number of carboxylic acid groups (broad SMARTS) is 1. The summed E-state index contributed by atoms with van der Waals surface area (Å²) >= 11 is 1.90. The maximum absolute atomic E-state index is 10.3. The van der Waals surface area contributed by atoms with Gasteiger partial charge in [-0.1, -0.05) is 0 Å². The first-order valence-corrected chi connectivity index (χ1v) is 3.49. The second-order valence-electron chi connectivity index (χ2n) is 1.57. The van der Waals surface area contributed by atoms with Crippen molar-refractivity contribution in [2.24, 2.45) is 0 Å². The largest absolute Gasteiger partial charge is 0.478 e. The van der Waals surface area contributed by atoms with Gasteiger partial charge in [0.25, 0.3) is 0 Å². The average molecular weight is 250 g/mol. The van der Waals surface area contributed by atoms with Crippen LogP contribution in [0.3, 0.4) is 0 Å². The Hall–Kier alpha value is -0.720. The van der Waals surface area contributed by atoms with Crippen molar-refractivity contribution in [2.75, 3.05) is 0 Å². The Labute approximate surface area is 70.4 Å². The summed E-state index contributed by atoms with van der Waals surface area (Å²) in [4.78, 5) is 10.3. The van der Waals surface area contributed by atoms with E-state index >= 15 is 0 Å². The van der Waals surface area contributed by atoms with Gasteiger partial charge < -0.3 is 5.11 Å². The fourth-order valence-electron chi connectivity index (χ4n) is 0.458. The van der Waals surface area contributed by atoms with Gasteiger partial charge in [-0.25, -0.2) is 4.79 Å². The normalized spacial score (nSPS) is 9.30. The average Bonchev–Trinajstić information content (AvgIpc) is 1.88. The molecule has 1 N–H and O–H groups in total. The number of carbonyl (C=O) groups is 1. The van der Waals surface area contributed by atoms with Crippen molar-refractivity contribution in [2.45, 2.75) is 0 Å². The van der Waals surface area contributed by atoms with Crippen LogP contribution in [0.15, 0.2) is 12.3 Å². The molecule has 52 valence electrons. The van der Waals surface area contributed by atoms with E-state index in [9.17, 15) is 4.79 Å². The maximum atomic E-state index is 10.3. The number of hydrogen-bond donors (Lipinski definition) is 1. The van der Waals surface area contributed by atoms with Gasteiger partial charge in [-0.05, 0) is 28.7 Å². The maximum Gasteiger partial charge on any atom is 0.337 e. The van der Waals surface area contributed by atoms with Crippen LogP contribution < -0.4 is 0 Å². The van der Waals surface area contributed by atoms with Crippen LogP contribution in [0.25, 0.3) is 0 Å². The van der Waals surface area contributed by atoms with E-state index in [4.69, 9.17) is 5.11 Å². The van der Waals surface area contributed by atoms with Gasteiger partial charge in [0.05, 0.1) is 11.8 Å². The number of halogens is 1. The molecule has 0 aliphatic carbocycles. The summed E-state index contributed by atoms with van der Waals surface area (Å²) < 4.78 is 0.581. The monoisotopic (exact) mass is 250 g/mol. The molecule has 0 aliphatic rings. The molecule has 0 saturated heterocycles. The van der Waals surface area contributed by atoms with Gasteiger partial charge in [-0.2, -0.15) is 5.10 Å². The first kappa shape index (κ1) is 7.39. The van der Waals surface area contributed by atoms with Crippen molar-refractivity contribution in [1.82, 2.24) is 10.2 Å². The van der Waals surface area contributed by atoms with Crippen LogP contribution in [0, 0.1) is 3.70 Å². The molecule has 0 bridgehead atoms. The molecule has 1 aromatic rings. The van der Waals surface area contributed by atoms with Crippen LogP contribution in [-0.4, -0.2) is 21.3 Å². The van der Waals surface area contributed by atoms with Crippen molar-refractivity contribution in [3.63, 3.8) is 0 Å². The van der Waals surface area contributed by atoms with E-state index < -0.39 is 5.97 Å². The second kappa shape index (κ2) is 2.91. The first-order chi connectivity index (χ1) is 4.70. The van der Waals surface area contributed by atoms with E-state index in [1.165, 1.54) is 12.3 Å². The van der Waals surface area contributed by atoms with Crippen molar-refractivity contribution in [3.8, 4) is 0 Å². The summed E-state index contributed by atoms with van der Waals surface area (Å²) in [6.07, 6.45) is 1.21. The third-order valence-electron chi connectivity index (χ3n) is 0.872. The summed E-state index contributed by atoms with van der Waals surface area (Å²) in [7, 11) is 0. The SMILES string of the molecule is O=C(O)c1cnnc(I)c1. The summed E-state index contributed by atoms with van der Waals surface area (Å²) in [6.45, 7) is 0. The second-order valence-corrected chi connectivity index (χ2v) is 2.68. The molecule has 0 radical (unpaired) electrons. The van der Waals surface area contributed by atoms with E-state index in [1.54, 1.807) is 0 Å². The predicted octanol–water partition coefficient (Wildman–Crippen LogP) is 0.779. The van der Waals surface area contributed by atoms with Crippen molar-refractivity contribution in [1.29, 1.82) is 0 Å². The molecule has 1 heterocycles. The third-order valence-corrected chi connectivity index (χ3v) is 1.40. The van der Waals surface area contributed by atoms with Crippen LogP contribution in [0.4, 0.5) is 0 Å². The quantitative estimate of drug-likeness (QED) is 0.748. The Morgan fingerprint density at radius 3 is 2.80 bits per heavy atom. The van der Waals surface area contributed by atoms with Gasteiger partial charge in [-0.3, -0.25) is 0 Å². The summed E-state index contributed by atoms with van der Waals surface area (Å²) in [5.41, 5.74) is 0.166. The zero-order chi connectivity index (χ0) is 7.56. The smallest absolute Gasteiger partial charge is 0.337 e. The Balaban J connectivity index is 3.07. The Morgan fingerprint density at radius 1 is 1.70 bits per heavy atom. The third kappa shape index (κ3) is 1.63. The van der Waals surface area contributed by atoms with E-state index in [2.05, 4.69) is 10.2 Å². The molecular formula is C5H3IN2O2. The van der Waals surface area contributed by atoms with Gasteiger partial charge in [0.15, 0.2) is 0 Å². The van der Waals surface area contributed by atoms with Crippen LogP contribution in [0.2, 0.25) is 0 Å². The summed E-state index contributed by atoms with van der Waals surface area (Å²) in [5, 5.41) is 15.5. The molecule has 0 fully saturated rings. The van der Waals surface area contributed by atoms with E-state index in [0.29, 0.717) is 3.70 Å². The van der Waals surface area contributed by atoms with Crippen LogP contribution >= 0.6 is 22.6 Å². The lowest BCUT2D eigenvalue weighted by molar-refractivity contribution is 0.0696. The fraction of sp³-hybridized carbons (Fsp3) is 0. The molecule has 10 heavy (non-hydrogen) atoms. The highest BCUT2D eigenvalue weighted by atomic mass is 127. The van der Waals surface area contributed by atoms with Crippen molar-refractivity contribution < 1.29 is 9.90 Å². The minimum atomic E-state index is -0.979. The minimum absolute atomic E-state index is 0.166. The highest BCUT2D eigenvalue weighted by Crippen LogP contribution is 2.01. The van der Waals surface area contributed by atoms with Gasteiger partial charge in [-0.15, -0.1) is 5.10 Å².